The van der Waals surface area contributed by atoms with Gasteiger partial charge in [-0.15, -0.1) is 0 Å². The highest BCUT2D eigenvalue weighted by Crippen LogP contribution is 2.32. The van der Waals surface area contributed by atoms with E-state index in [1.54, 1.807) is 6.26 Å². The van der Waals surface area contributed by atoms with Crippen LogP contribution >= 0.6 is 0 Å². The molecule has 3 rings (SSSR count). The highest BCUT2D eigenvalue weighted by atomic mass is 16.5. The third-order valence-electron chi connectivity index (χ3n) is 2.70. The highest BCUT2D eigenvalue weighted by Gasteiger charge is 2.19. The van der Waals surface area contributed by atoms with Crippen LogP contribution in [0.1, 0.15) is 12.5 Å². The zero-order valence-electron chi connectivity index (χ0n) is 8.57. The van der Waals surface area contributed by atoms with Gasteiger partial charge in [0.1, 0.15) is 17.6 Å². The Morgan fingerprint density at radius 2 is 2.20 bits per heavy atom. The van der Waals surface area contributed by atoms with E-state index in [4.69, 9.17) is 9.15 Å². The number of hydrogen-bond acceptors (Lipinski definition) is 2. The molecule has 2 heteroatoms. The summed E-state index contributed by atoms with van der Waals surface area (Å²) in [5.74, 6) is 1.93. The van der Waals surface area contributed by atoms with E-state index in [9.17, 15) is 0 Å². The fourth-order valence-corrected chi connectivity index (χ4v) is 2.02. The van der Waals surface area contributed by atoms with Crippen molar-refractivity contribution in [2.75, 3.05) is 0 Å². The van der Waals surface area contributed by atoms with Crippen molar-refractivity contribution in [1.29, 1.82) is 0 Å². The lowest BCUT2D eigenvalue weighted by Gasteiger charge is -2.02. The van der Waals surface area contributed by atoms with E-state index in [-0.39, 0.29) is 0 Å². The van der Waals surface area contributed by atoms with Crippen LogP contribution in [0.2, 0.25) is 0 Å². The van der Waals surface area contributed by atoms with Gasteiger partial charge >= 0.3 is 0 Å². The van der Waals surface area contributed by atoms with Gasteiger partial charge in [-0.25, -0.2) is 0 Å². The Morgan fingerprint density at radius 1 is 1.27 bits per heavy atom. The molecule has 0 saturated heterocycles. The molecule has 0 bridgehead atoms. The Morgan fingerprint density at radius 3 is 3.00 bits per heavy atom. The molecule has 0 N–H and O–H groups in total. The molecule has 1 atom stereocenters. The standard InChI is InChI=1S/C13H12O2/c1-9-7-11-8-10(4-5-13(11)15-9)12-3-2-6-14-12/h2-6,8-9H,7H2,1H3. The van der Waals surface area contributed by atoms with Gasteiger partial charge in [0.05, 0.1) is 6.26 Å². The van der Waals surface area contributed by atoms with E-state index < -0.39 is 0 Å². The minimum absolute atomic E-state index is 0.298. The summed E-state index contributed by atoms with van der Waals surface area (Å²) in [6, 6.07) is 10.1. The molecular formula is C13H12O2. The molecule has 1 unspecified atom stereocenters. The van der Waals surface area contributed by atoms with Gasteiger partial charge in [-0.1, -0.05) is 0 Å². The third-order valence-corrected chi connectivity index (χ3v) is 2.70. The zero-order chi connectivity index (χ0) is 10.3. The maximum Gasteiger partial charge on any atom is 0.133 e. The van der Waals surface area contributed by atoms with E-state index in [2.05, 4.69) is 13.0 Å². The Balaban J connectivity index is 2.04. The molecule has 0 aliphatic carbocycles. The largest absolute Gasteiger partial charge is 0.490 e. The van der Waals surface area contributed by atoms with Gasteiger partial charge < -0.3 is 9.15 Å². The van der Waals surface area contributed by atoms with Crippen molar-refractivity contribution in [3.63, 3.8) is 0 Å². The topological polar surface area (TPSA) is 22.4 Å². The van der Waals surface area contributed by atoms with Gasteiger partial charge in [-0.2, -0.15) is 0 Å². The predicted octanol–water partition coefficient (Wildman–Crippen LogP) is 3.27. The first-order valence-electron chi connectivity index (χ1n) is 5.16. The van der Waals surface area contributed by atoms with Crippen molar-refractivity contribution in [3.8, 4) is 17.1 Å². The van der Waals surface area contributed by atoms with Crippen LogP contribution < -0.4 is 4.74 Å². The Hall–Kier alpha value is -1.70. The van der Waals surface area contributed by atoms with Gasteiger partial charge in [-0.05, 0) is 42.8 Å². The molecule has 1 aliphatic rings. The van der Waals surface area contributed by atoms with Gasteiger partial charge in [0, 0.05) is 12.0 Å². The van der Waals surface area contributed by atoms with Gasteiger partial charge in [0.15, 0.2) is 0 Å². The van der Waals surface area contributed by atoms with Crippen LogP contribution in [-0.2, 0) is 6.42 Å². The second kappa shape index (κ2) is 3.16. The van der Waals surface area contributed by atoms with Crippen LogP contribution in [-0.4, -0.2) is 6.10 Å². The summed E-state index contributed by atoms with van der Waals surface area (Å²) in [6.45, 7) is 2.09. The Kier molecular flexibility index (Phi) is 1.81. The lowest BCUT2D eigenvalue weighted by Crippen LogP contribution is -2.05. The second-order valence-electron chi connectivity index (χ2n) is 3.93. The molecule has 1 aromatic carbocycles. The van der Waals surface area contributed by atoms with E-state index in [0.29, 0.717) is 6.10 Å². The van der Waals surface area contributed by atoms with Crippen LogP contribution in [0.25, 0.3) is 11.3 Å². The first-order valence-corrected chi connectivity index (χ1v) is 5.16. The number of furan rings is 1. The lowest BCUT2D eigenvalue weighted by molar-refractivity contribution is 0.254. The number of ether oxygens (including phenoxy) is 1. The predicted molar refractivity (Wildman–Crippen MR) is 57.9 cm³/mol. The van der Waals surface area contributed by atoms with Crippen LogP contribution in [0.4, 0.5) is 0 Å². The average Bonchev–Trinajstić information content (AvgIpc) is 2.82. The van der Waals surface area contributed by atoms with Gasteiger partial charge in [-0.3, -0.25) is 0 Å². The summed E-state index contributed by atoms with van der Waals surface area (Å²) in [5, 5.41) is 0. The first kappa shape index (κ1) is 8.60. The summed E-state index contributed by atoms with van der Waals surface area (Å²) >= 11 is 0. The maximum atomic E-state index is 5.65. The summed E-state index contributed by atoms with van der Waals surface area (Å²) in [6.07, 6.45) is 2.98. The van der Waals surface area contributed by atoms with Crippen molar-refractivity contribution in [1.82, 2.24) is 0 Å². The molecule has 0 saturated carbocycles. The molecule has 15 heavy (non-hydrogen) atoms. The minimum atomic E-state index is 0.298. The van der Waals surface area contributed by atoms with Crippen molar-refractivity contribution in [3.05, 3.63) is 42.2 Å². The van der Waals surface area contributed by atoms with Crippen LogP contribution in [0.3, 0.4) is 0 Å². The third kappa shape index (κ3) is 1.42. The number of fused-ring (bicyclic) bond motifs is 1. The second-order valence-corrected chi connectivity index (χ2v) is 3.93. The molecule has 1 aliphatic heterocycles. The van der Waals surface area contributed by atoms with Gasteiger partial charge in [0.2, 0.25) is 0 Å². The van der Waals surface area contributed by atoms with E-state index >= 15 is 0 Å². The summed E-state index contributed by atoms with van der Waals surface area (Å²) in [7, 11) is 0. The highest BCUT2D eigenvalue weighted by molar-refractivity contribution is 5.61. The molecule has 1 aromatic heterocycles. The van der Waals surface area contributed by atoms with Crippen molar-refractivity contribution >= 4 is 0 Å². The Labute approximate surface area is 88.5 Å². The van der Waals surface area contributed by atoms with E-state index in [1.165, 1.54) is 5.56 Å². The quantitative estimate of drug-likeness (QED) is 0.704. The van der Waals surface area contributed by atoms with E-state index in [0.717, 1.165) is 23.5 Å². The molecule has 0 amide bonds. The first-order chi connectivity index (χ1) is 7.33. The molecule has 2 nitrogen and oxygen atoms in total. The molecule has 76 valence electrons. The Bertz CT molecular complexity index is 471. The molecule has 0 spiro atoms. The minimum Gasteiger partial charge on any atom is -0.490 e. The fraction of sp³-hybridized carbons (Fsp3) is 0.231. The number of hydrogen-bond donors (Lipinski definition) is 0. The molecular weight excluding hydrogens is 188 g/mol. The monoisotopic (exact) mass is 200 g/mol. The van der Waals surface area contributed by atoms with E-state index in [1.807, 2.05) is 24.3 Å². The number of benzene rings is 1. The fourth-order valence-electron chi connectivity index (χ4n) is 2.02. The SMILES string of the molecule is CC1Cc2cc(-c3ccco3)ccc2O1. The average molecular weight is 200 g/mol. The zero-order valence-corrected chi connectivity index (χ0v) is 8.57. The molecule has 2 heterocycles. The maximum absolute atomic E-state index is 5.65. The summed E-state index contributed by atoms with van der Waals surface area (Å²) in [4.78, 5) is 0. The molecule has 0 radical (unpaired) electrons. The van der Waals surface area contributed by atoms with Crippen molar-refractivity contribution in [2.24, 2.45) is 0 Å². The lowest BCUT2D eigenvalue weighted by atomic mass is 10.1. The normalized spacial score (nSPS) is 18.6. The summed E-state index contributed by atoms with van der Waals surface area (Å²) < 4.78 is 11.0. The smallest absolute Gasteiger partial charge is 0.133 e. The van der Waals surface area contributed by atoms with Crippen molar-refractivity contribution in [2.45, 2.75) is 19.4 Å². The van der Waals surface area contributed by atoms with Crippen LogP contribution in [0.5, 0.6) is 5.75 Å². The van der Waals surface area contributed by atoms with Gasteiger partial charge in [0.25, 0.3) is 0 Å². The van der Waals surface area contributed by atoms with Crippen LogP contribution in [0, 0.1) is 0 Å². The van der Waals surface area contributed by atoms with Crippen molar-refractivity contribution < 1.29 is 9.15 Å². The summed E-state index contributed by atoms with van der Waals surface area (Å²) in [5.41, 5.74) is 2.40. The number of rotatable bonds is 1. The molecule has 0 fully saturated rings. The van der Waals surface area contributed by atoms with Crippen LogP contribution in [0.15, 0.2) is 41.0 Å². The molecule has 2 aromatic rings.